The minimum atomic E-state index is 0.889. The molecule has 0 bridgehead atoms. The standard InChI is InChI=1S/C12H14N2O/c1-9-5-6-11(15-9)12-13-8-10-4-2-3-7-14(10)12/h5-6,8H,2-4,7H2,1H3. The summed E-state index contributed by atoms with van der Waals surface area (Å²) in [4.78, 5) is 4.45. The number of furan rings is 1. The van der Waals surface area contributed by atoms with E-state index >= 15 is 0 Å². The highest BCUT2D eigenvalue weighted by Gasteiger charge is 2.16. The summed E-state index contributed by atoms with van der Waals surface area (Å²) in [5.41, 5.74) is 1.34. The number of hydrogen-bond donors (Lipinski definition) is 0. The van der Waals surface area contributed by atoms with E-state index in [1.807, 2.05) is 25.3 Å². The summed E-state index contributed by atoms with van der Waals surface area (Å²) in [5.74, 6) is 2.82. The first-order chi connectivity index (χ1) is 7.34. The fraction of sp³-hybridized carbons (Fsp3) is 0.417. The van der Waals surface area contributed by atoms with Crippen molar-refractivity contribution in [2.24, 2.45) is 0 Å². The molecule has 3 heterocycles. The lowest BCUT2D eigenvalue weighted by Crippen LogP contribution is -2.10. The van der Waals surface area contributed by atoms with E-state index < -0.39 is 0 Å². The maximum atomic E-state index is 5.61. The van der Waals surface area contributed by atoms with Crippen LogP contribution in [-0.2, 0) is 13.0 Å². The van der Waals surface area contributed by atoms with Gasteiger partial charge in [0, 0.05) is 18.4 Å². The van der Waals surface area contributed by atoms with Crippen LogP contribution in [0.15, 0.2) is 22.7 Å². The summed E-state index contributed by atoms with van der Waals surface area (Å²) in [6.07, 6.45) is 5.65. The van der Waals surface area contributed by atoms with Gasteiger partial charge >= 0.3 is 0 Å². The van der Waals surface area contributed by atoms with E-state index in [1.165, 1.54) is 18.5 Å². The third kappa shape index (κ3) is 1.39. The fourth-order valence-electron chi connectivity index (χ4n) is 2.19. The molecular weight excluding hydrogens is 188 g/mol. The first kappa shape index (κ1) is 8.77. The molecule has 0 aromatic carbocycles. The molecule has 0 radical (unpaired) electrons. The maximum Gasteiger partial charge on any atom is 0.176 e. The van der Waals surface area contributed by atoms with Gasteiger partial charge in [0.25, 0.3) is 0 Å². The largest absolute Gasteiger partial charge is 0.458 e. The number of aryl methyl sites for hydroxylation is 2. The van der Waals surface area contributed by atoms with E-state index in [1.54, 1.807) is 0 Å². The van der Waals surface area contributed by atoms with Gasteiger partial charge in [-0.2, -0.15) is 0 Å². The minimum Gasteiger partial charge on any atom is -0.458 e. The van der Waals surface area contributed by atoms with Crippen molar-refractivity contribution in [3.63, 3.8) is 0 Å². The van der Waals surface area contributed by atoms with E-state index in [9.17, 15) is 0 Å². The van der Waals surface area contributed by atoms with E-state index in [4.69, 9.17) is 4.42 Å². The topological polar surface area (TPSA) is 31.0 Å². The van der Waals surface area contributed by atoms with Crippen molar-refractivity contribution in [2.45, 2.75) is 32.7 Å². The molecule has 3 rings (SSSR count). The number of aromatic nitrogens is 2. The molecule has 1 aliphatic heterocycles. The molecule has 3 nitrogen and oxygen atoms in total. The SMILES string of the molecule is Cc1ccc(-c2ncc3n2CCCC3)o1. The molecular formula is C12H14N2O. The van der Waals surface area contributed by atoms with Crippen LogP contribution in [0, 0.1) is 6.92 Å². The highest BCUT2D eigenvalue weighted by molar-refractivity contribution is 5.49. The molecule has 0 N–H and O–H groups in total. The van der Waals surface area contributed by atoms with Gasteiger partial charge in [-0.3, -0.25) is 0 Å². The minimum absolute atomic E-state index is 0.889. The fourth-order valence-corrected chi connectivity index (χ4v) is 2.19. The Bertz CT molecular complexity index is 482. The van der Waals surface area contributed by atoms with Crippen molar-refractivity contribution in [3.8, 4) is 11.6 Å². The molecule has 78 valence electrons. The van der Waals surface area contributed by atoms with Gasteiger partial charge in [-0.15, -0.1) is 0 Å². The molecule has 0 spiro atoms. The Balaban J connectivity index is 2.08. The smallest absolute Gasteiger partial charge is 0.176 e. The van der Waals surface area contributed by atoms with Gasteiger partial charge in [-0.05, 0) is 38.3 Å². The van der Waals surface area contributed by atoms with Crippen LogP contribution >= 0.6 is 0 Å². The molecule has 15 heavy (non-hydrogen) atoms. The van der Waals surface area contributed by atoms with Crippen LogP contribution in [0.1, 0.15) is 24.3 Å². The number of rotatable bonds is 1. The van der Waals surface area contributed by atoms with Gasteiger partial charge in [0.05, 0.1) is 0 Å². The van der Waals surface area contributed by atoms with Crippen molar-refractivity contribution >= 4 is 0 Å². The number of fused-ring (bicyclic) bond motifs is 1. The van der Waals surface area contributed by atoms with Crippen LogP contribution < -0.4 is 0 Å². The van der Waals surface area contributed by atoms with Crippen LogP contribution in [0.3, 0.4) is 0 Å². The molecule has 0 unspecified atom stereocenters. The third-order valence-corrected chi connectivity index (χ3v) is 2.96. The molecule has 2 aromatic heterocycles. The van der Waals surface area contributed by atoms with Crippen LogP contribution in [-0.4, -0.2) is 9.55 Å². The molecule has 0 fully saturated rings. The summed E-state index contributed by atoms with van der Waals surface area (Å²) in [5, 5.41) is 0. The predicted octanol–water partition coefficient (Wildman–Crippen LogP) is 2.79. The van der Waals surface area contributed by atoms with Crippen molar-refractivity contribution in [3.05, 3.63) is 29.8 Å². The Hall–Kier alpha value is -1.51. The summed E-state index contributed by atoms with van der Waals surface area (Å²) in [6.45, 7) is 3.04. The number of nitrogens with zero attached hydrogens (tertiary/aromatic N) is 2. The lowest BCUT2D eigenvalue weighted by molar-refractivity contribution is 0.511. The molecule has 0 amide bonds. The van der Waals surface area contributed by atoms with Gasteiger partial charge in [-0.25, -0.2) is 4.98 Å². The Morgan fingerprint density at radius 3 is 3.07 bits per heavy atom. The Morgan fingerprint density at radius 2 is 2.27 bits per heavy atom. The van der Waals surface area contributed by atoms with Crippen LogP contribution in [0.5, 0.6) is 0 Å². The Labute approximate surface area is 88.7 Å². The van der Waals surface area contributed by atoms with E-state index in [-0.39, 0.29) is 0 Å². The second-order valence-corrected chi connectivity index (χ2v) is 4.09. The number of hydrogen-bond acceptors (Lipinski definition) is 2. The highest BCUT2D eigenvalue weighted by Crippen LogP contribution is 2.25. The zero-order valence-corrected chi connectivity index (χ0v) is 8.86. The lowest BCUT2D eigenvalue weighted by atomic mass is 10.1. The van der Waals surface area contributed by atoms with E-state index in [0.29, 0.717) is 0 Å². The van der Waals surface area contributed by atoms with E-state index in [0.717, 1.165) is 30.3 Å². The normalized spacial score (nSPS) is 15.3. The van der Waals surface area contributed by atoms with Crippen molar-refractivity contribution in [1.29, 1.82) is 0 Å². The highest BCUT2D eigenvalue weighted by atomic mass is 16.3. The molecule has 0 atom stereocenters. The predicted molar refractivity (Wildman–Crippen MR) is 57.6 cm³/mol. The second kappa shape index (κ2) is 3.26. The van der Waals surface area contributed by atoms with Crippen LogP contribution in [0.2, 0.25) is 0 Å². The average molecular weight is 202 g/mol. The van der Waals surface area contributed by atoms with Crippen molar-refractivity contribution in [2.75, 3.05) is 0 Å². The molecule has 3 heteroatoms. The van der Waals surface area contributed by atoms with Gasteiger partial charge in [0.1, 0.15) is 5.76 Å². The molecule has 0 saturated carbocycles. The molecule has 2 aromatic rings. The zero-order valence-electron chi connectivity index (χ0n) is 8.86. The third-order valence-electron chi connectivity index (χ3n) is 2.96. The Kier molecular flexibility index (Phi) is 1.91. The molecule has 0 aliphatic carbocycles. The van der Waals surface area contributed by atoms with Crippen LogP contribution in [0.25, 0.3) is 11.6 Å². The molecule has 1 aliphatic rings. The van der Waals surface area contributed by atoms with Gasteiger partial charge in [-0.1, -0.05) is 0 Å². The number of imidazole rings is 1. The Morgan fingerprint density at radius 1 is 1.33 bits per heavy atom. The first-order valence-electron chi connectivity index (χ1n) is 5.46. The zero-order chi connectivity index (χ0) is 10.3. The monoisotopic (exact) mass is 202 g/mol. The summed E-state index contributed by atoms with van der Waals surface area (Å²) >= 11 is 0. The summed E-state index contributed by atoms with van der Waals surface area (Å²) in [6, 6.07) is 3.99. The summed E-state index contributed by atoms with van der Waals surface area (Å²) in [7, 11) is 0. The average Bonchev–Trinajstić information content (AvgIpc) is 2.83. The second-order valence-electron chi connectivity index (χ2n) is 4.09. The molecule has 0 saturated heterocycles. The first-order valence-corrected chi connectivity index (χ1v) is 5.46. The quantitative estimate of drug-likeness (QED) is 0.712. The van der Waals surface area contributed by atoms with Gasteiger partial charge < -0.3 is 8.98 Å². The van der Waals surface area contributed by atoms with Crippen LogP contribution in [0.4, 0.5) is 0 Å². The van der Waals surface area contributed by atoms with Crippen molar-refractivity contribution < 1.29 is 4.42 Å². The van der Waals surface area contributed by atoms with E-state index in [2.05, 4.69) is 9.55 Å². The lowest BCUT2D eigenvalue weighted by Gasteiger charge is -2.15. The van der Waals surface area contributed by atoms with Gasteiger partial charge in [0.2, 0.25) is 0 Å². The maximum absolute atomic E-state index is 5.61. The van der Waals surface area contributed by atoms with Gasteiger partial charge in [0.15, 0.2) is 11.6 Å². The van der Waals surface area contributed by atoms with Crippen molar-refractivity contribution in [1.82, 2.24) is 9.55 Å². The summed E-state index contributed by atoms with van der Waals surface area (Å²) < 4.78 is 7.89.